The van der Waals surface area contributed by atoms with Crippen molar-refractivity contribution in [2.45, 2.75) is 20.3 Å². The third kappa shape index (κ3) is 13.9. The maximum Gasteiger partial charge on any atom is 0.472 e. The van der Waals surface area contributed by atoms with Gasteiger partial charge in [-0.1, -0.05) is 0 Å². The zero-order valence-corrected chi connectivity index (χ0v) is 34.8. The first-order valence-corrected chi connectivity index (χ1v) is 20.2. The monoisotopic (exact) mass is 826 g/mol. The van der Waals surface area contributed by atoms with Gasteiger partial charge < -0.3 is 33.1 Å². The Kier molecular flexibility index (Phi) is 14.8. The maximum atomic E-state index is 13.1. The lowest BCUT2D eigenvalue weighted by molar-refractivity contribution is -0.870. The summed E-state index contributed by atoms with van der Waals surface area (Å²) in [5.41, 5.74) is 0.258. The number of rotatable bonds is 21. The quantitative estimate of drug-likeness (QED) is 0.0247. The van der Waals surface area contributed by atoms with E-state index in [1.54, 1.807) is 130 Å². The number of methoxy groups -OCH3 is 1. The van der Waals surface area contributed by atoms with Gasteiger partial charge in [0.05, 0.1) is 40.3 Å². The smallest absolute Gasteiger partial charge is 0.472 e. The van der Waals surface area contributed by atoms with E-state index in [4.69, 9.17) is 32.7 Å². The molecular weight excluding hydrogens is 777 g/mol. The van der Waals surface area contributed by atoms with E-state index in [0.29, 0.717) is 62.2 Å². The number of ether oxygens (including phenoxy) is 5. The predicted molar refractivity (Wildman–Crippen MR) is 221 cm³/mol. The number of esters is 1. The van der Waals surface area contributed by atoms with Crippen molar-refractivity contribution in [3.05, 3.63) is 138 Å². The van der Waals surface area contributed by atoms with Gasteiger partial charge in [-0.3, -0.25) is 23.4 Å². The average Bonchev–Trinajstić information content (AvgIpc) is 3.20. The summed E-state index contributed by atoms with van der Waals surface area (Å²) in [5, 5.41) is 0. The standard InChI is InChI=1S/C45H48NO12P/c1-45(2,44(49)53-29-30-55-59(50,51)54-28-27-46(3,4)5)31-42(47)32-7-13-36(14-8-32)56-40-23-25-41(26-24-40)58-38-17-11-34(12-18-38)43(48)33-9-15-37(16-10-33)57-39-21-19-35(52-6)20-22-39/h7-26H,27-31H2,1-6H3/p+1. The molecule has 0 aromatic heterocycles. The number of phosphoric acid groups is 1. The lowest BCUT2D eigenvalue weighted by atomic mass is 9.85. The van der Waals surface area contributed by atoms with Crippen molar-refractivity contribution in [3.8, 4) is 40.2 Å². The minimum absolute atomic E-state index is 0.0225. The van der Waals surface area contributed by atoms with Crippen molar-refractivity contribution in [2.24, 2.45) is 5.41 Å². The first-order valence-electron chi connectivity index (χ1n) is 18.7. The van der Waals surface area contributed by atoms with E-state index in [-0.39, 0.29) is 37.8 Å². The molecule has 59 heavy (non-hydrogen) atoms. The first kappa shape index (κ1) is 44.3. The number of hydrogen-bond donors (Lipinski definition) is 1. The number of quaternary nitrogens is 1. The summed E-state index contributed by atoms with van der Waals surface area (Å²) in [6, 6.07) is 34.6. The number of phosphoric ester groups is 1. The van der Waals surface area contributed by atoms with Crippen molar-refractivity contribution in [1.82, 2.24) is 0 Å². The number of carbonyl (C=O) groups excluding carboxylic acids is 3. The second-order valence-electron chi connectivity index (χ2n) is 15.1. The summed E-state index contributed by atoms with van der Waals surface area (Å²) in [6.45, 7) is 3.07. The topological polar surface area (TPSA) is 153 Å². The van der Waals surface area contributed by atoms with Gasteiger partial charge in [-0.2, -0.15) is 0 Å². The first-order chi connectivity index (χ1) is 28.0. The van der Waals surface area contributed by atoms with E-state index in [1.807, 2.05) is 33.3 Å². The zero-order chi connectivity index (χ0) is 42.6. The Morgan fingerprint density at radius 3 is 1.31 bits per heavy atom. The van der Waals surface area contributed by atoms with Crippen LogP contribution >= 0.6 is 7.82 Å². The summed E-state index contributed by atoms with van der Waals surface area (Å²) in [4.78, 5) is 48.7. The highest BCUT2D eigenvalue weighted by molar-refractivity contribution is 7.47. The van der Waals surface area contributed by atoms with Crippen LogP contribution in [0.3, 0.4) is 0 Å². The van der Waals surface area contributed by atoms with Crippen molar-refractivity contribution < 1.29 is 61.1 Å². The Bertz CT molecular complexity index is 2210. The average molecular weight is 827 g/mol. The van der Waals surface area contributed by atoms with Crippen LogP contribution in [0, 0.1) is 5.41 Å². The molecule has 0 saturated heterocycles. The van der Waals surface area contributed by atoms with Crippen LogP contribution in [-0.4, -0.2) is 81.5 Å². The van der Waals surface area contributed by atoms with Gasteiger partial charge in [0, 0.05) is 23.1 Å². The van der Waals surface area contributed by atoms with Crippen molar-refractivity contribution in [2.75, 3.05) is 54.6 Å². The number of ketones is 2. The Morgan fingerprint density at radius 1 is 0.559 bits per heavy atom. The molecule has 1 N–H and O–H groups in total. The largest absolute Gasteiger partial charge is 0.497 e. The van der Waals surface area contributed by atoms with Gasteiger partial charge in [0.1, 0.15) is 60.0 Å². The highest BCUT2D eigenvalue weighted by Gasteiger charge is 2.33. The molecule has 0 spiro atoms. The number of Topliss-reactive ketones (excluding diaryl/α,β-unsaturated/α-hetero) is 1. The molecule has 13 nitrogen and oxygen atoms in total. The second-order valence-corrected chi connectivity index (χ2v) is 16.6. The van der Waals surface area contributed by atoms with E-state index in [2.05, 4.69) is 0 Å². The van der Waals surface area contributed by atoms with Crippen LogP contribution in [0.5, 0.6) is 40.2 Å². The molecule has 1 atom stereocenters. The van der Waals surface area contributed by atoms with Gasteiger partial charge in [0.25, 0.3) is 0 Å². The van der Waals surface area contributed by atoms with Crippen LogP contribution < -0.4 is 18.9 Å². The number of benzene rings is 5. The third-order valence-electron chi connectivity index (χ3n) is 8.74. The molecule has 14 heteroatoms. The molecule has 0 heterocycles. The summed E-state index contributed by atoms with van der Waals surface area (Å²) in [5.74, 6) is 3.09. The predicted octanol–water partition coefficient (Wildman–Crippen LogP) is 9.29. The molecular formula is C45H49NO12P+. The molecule has 0 aliphatic carbocycles. The molecule has 0 fully saturated rings. The molecule has 0 bridgehead atoms. The highest BCUT2D eigenvalue weighted by Crippen LogP contribution is 2.43. The summed E-state index contributed by atoms with van der Waals surface area (Å²) >= 11 is 0. The number of likely N-dealkylation sites (N-methyl/N-ethyl adjacent to an activating group) is 1. The van der Waals surface area contributed by atoms with Crippen molar-refractivity contribution in [3.63, 3.8) is 0 Å². The highest BCUT2D eigenvalue weighted by atomic mass is 31.2. The molecule has 5 aromatic rings. The Hall–Kier alpha value is -5.82. The lowest BCUT2D eigenvalue weighted by Gasteiger charge is -2.24. The molecule has 0 amide bonds. The van der Waals surface area contributed by atoms with Crippen molar-refractivity contribution in [1.29, 1.82) is 0 Å². The summed E-state index contributed by atoms with van der Waals surface area (Å²) in [6.07, 6.45) is -0.129. The van der Waals surface area contributed by atoms with Gasteiger partial charge in [-0.15, -0.1) is 0 Å². The summed E-state index contributed by atoms with van der Waals surface area (Å²) in [7, 11) is 3.07. The molecule has 0 aliphatic rings. The van der Waals surface area contributed by atoms with E-state index < -0.39 is 19.2 Å². The van der Waals surface area contributed by atoms with Crippen molar-refractivity contribution >= 4 is 25.4 Å². The number of hydrogen-bond acceptors (Lipinski definition) is 11. The summed E-state index contributed by atoms with van der Waals surface area (Å²) < 4.78 is 50.6. The Labute approximate surface area is 344 Å². The van der Waals surface area contributed by atoms with E-state index >= 15 is 0 Å². The number of carbonyl (C=O) groups is 3. The molecule has 5 rings (SSSR count). The molecule has 0 radical (unpaired) electrons. The van der Waals surface area contributed by atoms with E-state index in [9.17, 15) is 23.8 Å². The van der Waals surface area contributed by atoms with Gasteiger partial charge in [0.15, 0.2) is 11.6 Å². The Balaban J connectivity index is 1.05. The molecule has 310 valence electrons. The van der Waals surface area contributed by atoms with Gasteiger partial charge in [0.2, 0.25) is 0 Å². The fourth-order valence-electron chi connectivity index (χ4n) is 5.38. The number of nitrogens with zero attached hydrogens (tertiary/aromatic N) is 1. The van der Waals surface area contributed by atoms with Gasteiger partial charge >= 0.3 is 13.8 Å². The SMILES string of the molecule is COc1ccc(Oc2ccc(C(=O)c3ccc(Oc4ccc(Oc5ccc(C(=O)CC(C)(C)C(=O)OCCOP(=O)(O)OCC[N+](C)(C)C)cc5)cc4)cc3)cc2)cc1. The lowest BCUT2D eigenvalue weighted by Crippen LogP contribution is -2.37. The second kappa shape index (κ2) is 19.8. The van der Waals surface area contributed by atoms with Crippen LogP contribution in [0.4, 0.5) is 0 Å². The minimum atomic E-state index is -4.29. The Morgan fingerprint density at radius 2 is 0.915 bits per heavy atom. The van der Waals surface area contributed by atoms with Crippen LogP contribution in [-0.2, 0) is 23.1 Å². The van der Waals surface area contributed by atoms with Crippen LogP contribution in [0.25, 0.3) is 0 Å². The van der Waals surface area contributed by atoms with Gasteiger partial charge in [-0.25, -0.2) is 4.57 Å². The third-order valence-corrected chi connectivity index (χ3v) is 9.76. The van der Waals surface area contributed by atoms with Crippen LogP contribution in [0.15, 0.2) is 121 Å². The fourth-order valence-corrected chi connectivity index (χ4v) is 6.07. The van der Waals surface area contributed by atoms with E-state index in [1.165, 1.54) is 0 Å². The zero-order valence-electron chi connectivity index (χ0n) is 33.9. The molecule has 0 saturated carbocycles. The van der Waals surface area contributed by atoms with Crippen LogP contribution in [0.1, 0.15) is 46.5 Å². The maximum absolute atomic E-state index is 13.1. The van der Waals surface area contributed by atoms with Gasteiger partial charge in [-0.05, 0) is 135 Å². The van der Waals surface area contributed by atoms with E-state index in [0.717, 1.165) is 5.75 Å². The van der Waals surface area contributed by atoms with Crippen LogP contribution in [0.2, 0.25) is 0 Å². The molecule has 5 aromatic carbocycles. The normalized spacial score (nSPS) is 12.5. The molecule has 0 aliphatic heterocycles. The molecule has 1 unspecified atom stereocenters. The minimum Gasteiger partial charge on any atom is -0.497 e. The fraction of sp³-hybridized carbons (Fsp3) is 0.267.